The number of β-amino-alcohol motifs (C(OH)–C–C–N with tert-alkyl or cyclic N) is 1. The predicted molar refractivity (Wildman–Crippen MR) is 62.1 cm³/mol. The molecule has 16 heavy (non-hydrogen) atoms. The minimum absolute atomic E-state index is 0.106. The lowest BCUT2D eigenvalue weighted by atomic mass is 9.79. The van der Waals surface area contributed by atoms with Crippen LogP contribution in [0.4, 0.5) is 4.79 Å². The van der Waals surface area contributed by atoms with E-state index >= 15 is 0 Å². The molecule has 92 valence electrons. The van der Waals surface area contributed by atoms with Gasteiger partial charge < -0.3 is 14.9 Å². The Bertz CT molecular complexity index is 287. The van der Waals surface area contributed by atoms with Crippen molar-refractivity contribution in [2.75, 3.05) is 26.2 Å². The van der Waals surface area contributed by atoms with Gasteiger partial charge in [0.05, 0.1) is 19.2 Å². The Morgan fingerprint density at radius 2 is 2.00 bits per heavy atom. The van der Waals surface area contributed by atoms with Crippen LogP contribution in [0.3, 0.4) is 0 Å². The Morgan fingerprint density at radius 3 is 2.44 bits per heavy atom. The Labute approximate surface area is 97.2 Å². The standard InChI is InChI=1S/C12H22N2O2/c1-9(2)12(3)4-5-13(8-12)11(16)14-6-10(15)7-14/h9-10,15H,4-8H2,1-3H3/t12-/m0/s1. The summed E-state index contributed by atoms with van der Waals surface area (Å²) in [5, 5.41) is 9.19. The van der Waals surface area contributed by atoms with E-state index in [1.54, 1.807) is 4.90 Å². The van der Waals surface area contributed by atoms with E-state index in [2.05, 4.69) is 20.8 Å². The van der Waals surface area contributed by atoms with E-state index in [0.717, 1.165) is 19.5 Å². The number of amides is 2. The van der Waals surface area contributed by atoms with Crippen molar-refractivity contribution in [3.05, 3.63) is 0 Å². The van der Waals surface area contributed by atoms with Gasteiger partial charge in [0.1, 0.15) is 0 Å². The summed E-state index contributed by atoms with van der Waals surface area (Å²) in [5.74, 6) is 0.604. The Kier molecular flexibility index (Phi) is 2.86. The lowest BCUT2D eigenvalue weighted by Crippen LogP contribution is -2.57. The molecule has 2 rings (SSSR count). The number of hydrogen-bond donors (Lipinski definition) is 1. The van der Waals surface area contributed by atoms with E-state index in [9.17, 15) is 9.90 Å². The highest BCUT2D eigenvalue weighted by Crippen LogP contribution is 2.37. The number of carbonyl (C=O) groups is 1. The molecule has 4 nitrogen and oxygen atoms in total. The maximum atomic E-state index is 12.0. The normalized spacial score (nSPS) is 31.1. The van der Waals surface area contributed by atoms with Crippen LogP contribution in [-0.4, -0.2) is 53.2 Å². The molecule has 1 N–H and O–H groups in total. The number of nitrogens with zero attached hydrogens (tertiary/aromatic N) is 2. The third kappa shape index (κ3) is 1.90. The second-order valence-electron chi connectivity index (χ2n) is 5.82. The number of likely N-dealkylation sites (tertiary alicyclic amines) is 2. The molecule has 0 spiro atoms. The molecule has 2 amide bonds. The molecule has 0 aromatic heterocycles. The highest BCUT2D eigenvalue weighted by atomic mass is 16.3. The molecule has 2 aliphatic heterocycles. The first-order chi connectivity index (χ1) is 7.42. The molecular weight excluding hydrogens is 204 g/mol. The third-order valence-electron chi connectivity index (χ3n) is 4.30. The third-order valence-corrected chi connectivity index (χ3v) is 4.30. The molecule has 1 atom stereocenters. The van der Waals surface area contributed by atoms with Crippen LogP contribution in [0.1, 0.15) is 27.2 Å². The summed E-state index contributed by atoms with van der Waals surface area (Å²) in [7, 11) is 0. The average molecular weight is 226 g/mol. The highest BCUT2D eigenvalue weighted by molar-refractivity contribution is 5.75. The molecular formula is C12H22N2O2. The molecule has 2 saturated heterocycles. The molecule has 4 heteroatoms. The van der Waals surface area contributed by atoms with E-state index in [1.165, 1.54) is 0 Å². The summed E-state index contributed by atoms with van der Waals surface area (Å²) in [6.45, 7) is 9.44. The number of rotatable bonds is 1. The first kappa shape index (κ1) is 11.7. The van der Waals surface area contributed by atoms with Gasteiger partial charge in [-0.1, -0.05) is 20.8 Å². The van der Waals surface area contributed by atoms with Crippen molar-refractivity contribution in [3.63, 3.8) is 0 Å². The minimum atomic E-state index is -0.303. The molecule has 0 saturated carbocycles. The molecule has 0 bridgehead atoms. The van der Waals surface area contributed by atoms with Crippen LogP contribution < -0.4 is 0 Å². The van der Waals surface area contributed by atoms with Crippen molar-refractivity contribution in [2.45, 2.75) is 33.3 Å². The summed E-state index contributed by atoms with van der Waals surface area (Å²) >= 11 is 0. The Balaban J connectivity index is 1.91. The van der Waals surface area contributed by atoms with Gasteiger partial charge in [-0.3, -0.25) is 0 Å². The van der Waals surface area contributed by atoms with Crippen LogP contribution in [0.15, 0.2) is 0 Å². The first-order valence-electron chi connectivity index (χ1n) is 6.14. The molecule has 0 aromatic rings. The van der Waals surface area contributed by atoms with Gasteiger partial charge in [0, 0.05) is 13.1 Å². The van der Waals surface area contributed by atoms with Crippen molar-refractivity contribution < 1.29 is 9.90 Å². The first-order valence-corrected chi connectivity index (χ1v) is 6.14. The van der Waals surface area contributed by atoms with Crippen LogP contribution in [-0.2, 0) is 0 Å². The van der Waals surface area contributed by atoms with Gasteiger partial charge in [0.25, 0.3) is 0 Å². The van der Waals surface area contributed by atoms with E-state index in [0.29, 0.717) is 19.0 Å². The van der Waals surface area contributed by atoms with Crippen LogP contribution in [0.5, 0.6) is 0 Å². The average Bonchev–Trinajstić information content (AvgIpc) is 2.57. The van der Waals surface area contributed by atoms with Crippen molar-refractivity contribution in [1.82, 2.24) is 9.80 Å². The lowest BCUT2D eigenvalue weighted by Gasteiger charge is -2.39. The lowest BCUT2D eigenvalue weighted by molar-refractivity contribution is 0.0158. The molecule has 2 aliphatic rings. The molecule has 0 radical (unpaired) electrons. The fourth-order valence-electron chi connectivity index (χ4n) is 2.43. The monoisotopic (exact) mass is 226 g/mol. The zero-order valence-corrected chi connectivity index (χ0v) is 10.4. The molecule has 0 unspecified atom stereocenters. The van der Waals surface area contributed by atoms with Gasteiger partial charge in [0.15, 0.2) is 0 Å². The van der Waals surface area contributed by atoms with E-state index in [4.69, 9.17) is 0 Å². The molecule has 0 aromatic carbocycles. The molecule has 0 aliphatic carbocycles. The van der Waals surface area contributed by atoms with Crippen molar-refractivity contribution in [2.24, 2.45) is 11.3 Å². The van der Waals surface area contributed by atoms with E-state index < -0.39 is 0 Å². The van der Waals surface area contributed by atoms with Gasteiger partial charge in [-0.25, -0.2) is 4.79 Å². The zero-order chi connectivity index (χ0) is 11.9. The number of hydrogen-bond acceptors (Lipinski definition) is 2. The van der Waals surface area contributed by atoms with Crippen molar-refractivity contribution in [1.29, 1.82) is 0 Å². The maximum Gasteiger partial charge on any atom is 0.320 e. The topological polar surface area (TPSA) is 43.8 Å². The van der Waals surface area contributed by atoms with Crippen molar-refractivity contribution in [3.8, 4) is 0 Å². The molecule has 2 heterocycles. The van der Waals surface area contributed by atoms with Gasteiger partial charge in [-0.2, -0.15) is 0 Å². The van der Waals surface area contributed by atoms with Crippen LogP contribution in [0, 0.1) is 11.3 Å². The zero-order valence-electron chi connectivity index (χ0n) is 10.4. The number of aliphatic hydroxyl groups is 1. The van der Waals surface area contributed by atoms with E-state index in [1.807, 2.05) is 4.90 Å². The smallest absolute Gasteiger partial charge is 0.320 e. The number of aliphatic hydroxyl groups excluding tert-OH is 1. The maximum absolute atomic E-state index is 12.0. The molecule has 2 fully saturated rings. The fraction of sp³-hybridized carbons (Fsp3) is 0.917. The second-order valence-corrected chi connectivity index (χ2v) is 5.82. The van der Waals surface area contributed by atoms with E-state index in [-0.39, 0.29) is 17.6 Å². The Hall–Kier alpha value is -0.770. The van der Waals surface area contributed by atoms with Gasteiger partial charge in [0.2, 0.25) is 0 Å². The predicted octanol–water partition coefficient (Wildman–Crippen LogP) is 1.15. The van der Waals surface area contributed by atoms with Crippen LogP contribution in [0.2, 0.25) is 0 Å². The summed E-state index contributed by atoms with van der Waals surface area (Å²) in [5.41, 5.74) is 0.263. The van der Waals surface area contributed by atoms with Crippen molar-refractivity contribution >= 4 is 6.03 Å². The van der Waals surface area contributed by atoms with Gasteiger partial charge in [-0.15, -0.1) is 0 Å². The SMILES string of the molecule is CC(C)[C@@]1(C)CCN(C(=O)N2CC(O)C2)C1. The number of urea groups is 1. The van der Waals surface area contributed by atoms with Crippen LogP contribution >= 0.6 is 0 Å². The fourth-order valence-corrected chi connectivity index (χ4v) is 2.43. The Morgan fingerprint density at radius 1 is 1.38 bits per heavy atom. The summed E-state index contributed by atoms with van der Waals surface area (Å²) in [4.78, 5) is 15.7. The summed E-state index contributed by atoms with van der Waals surface area (Å²) in [6.07, 6.45) is 0.787. The quantitative estimate of drug-likeness (QED) is 0.729. The number of carbonyl (C=O) groups excluding carboxylic acids is 1. The highest BCUT2D eigenvalue weighted by Gasteiger charge is 2.41. The second kappa shape index (κ2) is 3.91. The largest absolute Gasteiger partial charge is 0.389 e. The minimum Gasteiger partial charge on any atom is -0.389 e. The van der Waals surface area contributed by atoms with Crippen LogP contribution in [0.25, 0.3) is 0 Å². The van der Waals surface area contributed by atoms with Gasteiger partial charge in [-0.05, 0) is 17.8 Å². The summed E-state index contributed by atoms with van der Waals surface area (Å²) < 4.78 is 0. The van der Waals surface area contributed by atoms with Gasteiger partial charge >= 0.3 is 6.03 Å². The summed E-state index contributed by atoms with van der Waals surface area (Å²) in [6, 6.07) is 0.106.